The Bertz CT molecular complexity index is 555. The Morgan fingerprint density at radius 2 is 1.64 bits per heavy atom. The van der Waals surface area contributed by atoms with E-state index in [-0.39, 0.29) is 12.2 Å². The number of nitrogens with zero attached hydrogens (tertiary/aromatic N) is 1. The summed E-state index contributed by atoms with van der Waals surface area (Å²) in [6.45, 7) is 1.05. The molecule has 1 atom stereocenters. The molecule has 0 radical (unpaired) electrons. The van der Waals surface area contributed by atoms with Crippen LogP contribution in [0.25, 0.3) is 0 Å². The number of hydrogen-bond acceptors (Lipinski definition) is 3. The van der Waals surface area contributed by atoms with Gasteiger partial charge in [0.05, 0.1) is 17.5 Å². The van der Waals surface area contributed by atoms with Gasteiger partial charge in [-0.2, -0.15) is 0 Å². The van der Waals surface area contributed by atoms with Crippen molar-refractivity contribution in [2.45, 2.75) is 18.9 Å². The van der Waals surface area contributed by atoms with Crippen molar-refractivity contribution in [3.05, 3.63) is 60.7 Å². The maximum atomic E-state index is 12.5. The number of benzene rings is 2. The Morgan fingerprint density at radius 3 is 2.14 bits per heavy atom. The smallest absolute Gasteiger partial charge is 0.419 e. The van der Waals surface area contributed by atoms with E-state index in [0.29, 0.717) is 6.61 Å². The zero-order valence-electron chi connectivity index (χ0n) is 12.4. The summed E-state index contributed by atoms with van der Waals surface area (Å²) in [5.41, 5.74) is 1.57. The molecule has 1 saturated heterocycles. The molecule has 1 aliphatic rings. The summed E-state index contributed by atoms with van der Waals surface area (Å²) in [6, 6.07) is 19.0. The standard InChI is InChI=1S/C18H19NO3/c20-18(22-14-17-12-7-13-21-17)19(15-8-3-1-4-9-15)16-10-5-2-6-11-16/h1-6,8-11,17H,7,12-14H2/t17-/m1/s1. The molecule has 1 aliphatic heterocycles. The van der Waals surface area contributed by atoms with Crippen LogP contribution in [0, 0.1) is 0 Å². The number of carbonyl (C=O) groups is 1. The maximum Gasteiger partial charge on any atom is 0.419 e. The number of para-hydroxylation sites is 2. The molecule has 0 spiro atoms. The highest BCUT2D eigenvalue weighted by Gasteiger charge is 2.22. The number of rotatable bonds is 4. The molecule has 114 valence electrons. The van der Waals surface area contributed by atoms with Crippen LogP contribution in [0.2, 0.25) is 0 Å². The topological polar surface area (TPSA) is 38.8 Å². The van der Waals surface area contributed by atoms with E-state index in [4.69, 9.17) is 9.47 Å². The summed E-state index contributed by atoms with van der Waals surface area (Å²) in [4.78, 5) is 14.1. The zero-order chi connectivity index (χ0) is 15.2. The highest BCUT2D eigenvalue weighted by molar-refractivity contribution is 5.95. The molecule has 22 heavy (non-hydrogen) atoms. The normalized spacial score (nSPS) is 17.2. The monoisotopic (exact) mass is 297 g/mol. The number of amides is 1. The Balaban J connectivity index is 1.77. The fourth-order valence-electron chi connectivity index (χ4n) is 2.52. The molecule has 0 unspecified atom stereocenters. The van der Waals surface area contributed by atoms with Crippen molar-refractivity contribution >= 4 is 17.5 Å². The number of ether oxygens (including phenoxy) is 2. The highest BCUT2D eigenvalue weighted by atomic mass is 16.6. The molecule has 0 aliphatic carbocycles. The predicted octanol–water partition coefficient (Wildman–Crippen LogP) is 4.14. The molecule has 0 saturated carbocycles. The van der Waals surface area contributed by atoms with Crippen molar-refractivity contribution in [2.75, 3.05) is 18.1 Å². The molecular weight excluding hydrogens is 278 g/mol. The summed E-state index contributed by atoms with van der Waals surface area (Å²) >= 11 is 0. The lowest BCUT2D eigenvalue weighted by atomic mass is 10.2. The third-order valence-corrected chi connectivity index (χ3v) is 3.63. The third-order valence-electron chi connectivity index (χ3n) is 3.63. The Hall–Kier alpha value is -2.33. The van der Waals surface area contributed by atoms with Gasteiger partial charge in [0.15, 0.2) is 0 Å². The second-order valence-electron chi connectivity index (χ2n) is 5.22. The molecule has 2 aromatic rings. The molecule has 3 rings (SSSR count). The van der Waals surface area contributed by atoms with Gasteiger partial charge < -0.3 is 9.47 Å². The minimum Gasteiger partial charge on any atom is -0.446 e. The van der Waals surface area contributed by atoms with Gasteiger partial charge in [0, 0.05) is 6.61 Å². The fourth-order valence-corrected chi connectivity index (χ4v) is 2.52. The molecule has 1 heterocycles. The SMILES string of the molecule is O=C(OC[C@H]1CCCO1)N(c1ccccc1)c1ccccc1. The van der Waals surface area contributed by atoms with Crippen LogP contribution in [0.4, 0.5) is 16.2 Å². The Morgan fingerprint density at radius 1 is 1.05 bits per heavy atom. The van der Waals surface area contributed by atoms with Gasteiger partial charge in [0.25, 0.3) is 0 Å². The fraction of sp³-hybridized carbons (Fsp3) is 0.278. The van der Waals surface area contributed by atoms with Gasteiger partial charge in [0.1, 0.15) is 6.61 Å². The molecule has 1 amide bonds. The van der Waals surface area contributed by atoms with Crippen LogP contribution in [-0.2, 0) is 9.47 Å². The predicted molar refractivity (Wildman–Crippen MR) is 85.3 cm³/mol. The lowest BCUT2D eigenvalue weighted by molar-refractivity contribution is 0.0469. The van der Waals surface area contributed by atoms with Crippen LogP contribution < -0.4 is 4.90 Å². The van der Waals surface area contributed by atoms with E-state index in [2.05, 4.69) is 0 Å². The van der Waals surface area contributed by atoms with E-state index in [0.717, 1.165) is 30.8 Å². The van der Waals surface area contributed by atoms with Crippen molar-refractivity contribution in [3.8, 4) is 0 Å². The average Bonchev–Trinajstić information content (AvgIpc) is 3.09. The minimum atomic E-state index is -0.382. The molecular formula is C18H19NO3. The second-order valence-corrected chi connectivity index (χ2v) is 5.22. The molecule has 0 bridgehead atoms. The van der Waals surface area contributed by atoms with Crippen molar-refractivity contribution in [1.82, 2.24) is 0 Å². The largest absolute Gasteiger partial charge is 0.446 e. The first kappa shape index (κ1) is 14.6. The van der Waals surface area contributed by atoms with E-state index < -0.39 is 0 Å². The molecule has 1 fully saturated rings. The summed E-state index contributed by atoms with van der Waals surface area (Å²) in [6.07, 6.45) is 1.62. The lowest BCUT2D eigenvalue weighted by Crippen LogP contribution is -2.29. The van der Waals surface area contributed by atoms with Gasteiger partial charge in [-0.25, -0.2) is 9.69 Å². The maximum absolute atomic E-state index is 12.5. The second kappa shape index (κ2) is 7.09. The number of carbonyl (C=O) groups excluding carboxylic acids is 1. The summed E-state index contributed by atoms with van der Waals surface area (Å²) in [5.74, 6) is 0. The van der Waals surface area contributed by atoms with Gasteiger partial charge in [-0.15, -0.1) is 0 Å². The van der Waals surface area contributed by atoms with E-state index in [1.165, 1.54) is 0 Å². The Labute approximate surface area is 130 Å². The minimum absolute atomic E-state index is 0.0253. The molecule has 4 heteroatoms. The van der Waals surface area contributed by atoms with E-state index in [1.807, 2.05) is 60.7 Å². The van der Waals surface area contributed by atoms with E-state index >= 15 is 0 Å². The van der Waals surface area contributed by atoms with Gasteiger partial charge in [0.2, 0.25) is 0 Å². The van der Waals surface area contributed by atoms with Gasteiger partial charge in [-0.05, 0) is 37.1 Å². The summed E-state index contributed by atoms with van der Waals surface area (Å²) in [7, 11) is 0. The third kappa shape index (κ3) is 3.46. The summed E-state index contributed by atoms with van der Waals surface area (Å²) in [5, 5.41) is 0. The quantitative estimate of drug-likeness (QED) is 0.851. The van der Waals surface area contributed by atoms with Crippen molar-refractivity contribution in [2.24, 2.45) is 0 Å². The first-order valence-electron chi connectivity index (χ1n) is 7.53. The number of anilines is 2. The lowest BCUT2D eigenvalue weighted by Gasteiger charge is -2.23. The first-order chi connectivity index (χ1) is 10.8. The van der Waals surface area contributed by atoms with Crippen molar-refractivity contribution in [1.29, 1.82) is 0 Å². The molecule has 0 N–H and O–H groups in total. The van der Waals surface area contributed by atoms with Crippen molar-refractivity contribution < 1.29 is 14.3 Å². The van der Waals surface area contributed by atoms with Crippen LogP contribution in [0.5, 0.6) is 0 Å². The van der Waals surface area contributed by atoms with Crippen LogP contribution in [0.1, 0.15) is 12.8 Å². The van der Waals surface area contributed by atoms with Crippen LogP contribution in [-0.4, -0.2) is 25.4 Å². The molecule has 4 nitrogen and oxygen atoms in total. The van der Waals surface area contributed by atoms with Crippen LogP contribution in [0.3, 0.4) is 0 Å². The van der Waals surface area contributed by atoms with Crippen LogP contribution in [0.15, 0.2) is 60.7 Å². The summed E-state index contributed by atoms with van der Waals surface area (Å²) < 4.78 is 11.0. The van der Waals surface area contributed by atoms with E-state index in [9.17, 15) is 4.79 Å². The highest BCUT2D eigenvalue weighted by Crippen LogP contribution is 2.26. The molecule has 0 aromatic heterocycles. The van der Waals surface area contributed by atoms with Crippen molar-refractivity contribution in [3.63, 3.8) is 0 Å². The Kier molecular flexibility index (Phi) is 4.71. The van der Waals surface area contributed by atoms with Gasteiger partial charge in [-0.3, -0.25) is 0 Å². The van der Waals surface area contributed by atoms with Gasteiger partial charge in [-0.1, -0.05) is 36.4 Å². The first-order valence-corrected chi connectivity index (χ1v) is 7.53. The number of hydrogen-bond donors (Lipinski definition) is 0. The molecule has 2 aromatic carbocycles. The van der Waals surface area contributed by atoms with Gasteiger partial charge >= 0.3 is 6.09 Å². The van der Waals surface area contributed by atoms with Crippen LogP contribution >= 0.6 is 0 Å². The van der Waals surface area contributed by atoms with E-state index in [1.54, 1.807) is 4.90 Å². The average molecular weight is 297 g/mol. The zero-order valence-corrected chi connectivity index (χ0v) is 12.4.